The number of hydrogen-bond donors (Lipinski definition) is 1. The van der Waals surface area contributed by atoms with E-state index in [4.69, 9.17) is 0 Å². The Kier molecular flexibility index (Phi) is 6.06. The van der Waals surface area contributed by atoms with E-state index in [9.17, 15) is 0 Å². The largest absolute Gasteiger partial charge is 0.312 e. The number of hydrogen-bond acceptors (Lipinski definition) is 2. The summed E-state index contributed by atoms with van der Waals surface area (Å²) in [6, 6.07) is 9.72. The third-order valence-corrected chi connectivity index (χ3v) is 4.33. The summed E-state index contributed by atoms with van der Waals surface area (Å²) in [6.07, 6.45) is 4.03. The van der Waals surface area contributed by atoms with E-state index in [1.807, 2.05) is 0 Å². The van der Waals surface area contributed by atoms with Gasteiger partial charge in [0, 0.05) is 19.1 Å². The standard InChI is InChI=1S/C18H30N2/c1-4-18-10-7-11-20(18)14-17-9-6-5-8-16(17)13-19-12-15(2)3/h5-6,8-9,15,18-19H,4,7,10-14H2,1-3H3. The van der Waals surface area contributed by atoms with Crippen molar-refractivity contribution in [3.05, 3.63) is 35.4 Å². The molecule has 2 heteroatoms. The summed E-state index contributed by atoms with van der Waals surface area (Å²) in [5.41, 5.74) is 2.97. The summed E-state index contributed by atoms with van der Waals surface area (Å²) in [5.74, 6) is 0.713. The number of rotatable bonds is 7. The molecule has 0 spiro atoms. The van der Waals surface area contributed by atoms with Crippen LogP contribution in [0.25, 0.3) is 0 Å². The van der Waals surface area contributed by atoms with Crippen molar-refractivity contribution in [2.75, 3.05) is 13.1 Å². The number of nitrogens with zero attached hydrogens (tertiary/aromatic N) is 1. The second-order valence-electron chi connectivity index (χ2n) is 6.47. The minimum Gasteiger partial charge on any atom is -0.312 e. The molecule has 0 saturated carbocycles. The van der Waals surface area contributed by atoms with Gasteiger partial charge in [0.15, 0.2) is 0 Å². The van der Waals surface area contributed by atoms with E-state index >= 15 is 0 Å². The molecule has 1 fully saturated rings. The SMILES string of the molecule is CCC1CCCN1Cc1ccccc1CNCC(C)C. The van der Waals surface area contributed by atoms with Crippen molar-refractivity contribution in [2.45, 2.75) is 59.2 Å². The first-order valence-corrected chi connectivity index (χ1v) is 8.22. The summed E-state index contributed by atoms with van der Waals surface area (Å²) in [4.78, 5) is 2.67. The monoisotopic (exact) mass is 274 g/mol. The number of nitrogens with one attached hydrogen (secondary N) is 1. The molecule has 2 nitrogen and oxygen atoms in total. The average molecular weight is 274 g/mol. The third-order valence-electron chi connectivity index (χ3n) is 4.33. The van der Waals surface area contributed by atoms with Crippen LogP contribution in [-0.4, -0.2) is 24.0 Å². The Morgan fingerprint density at radius 3 is 2.70 bits per heavy atom. The first-order valence-electron chi connectivity index (χ1n) is 8.22. The molecule has 0 aliphatic carbocycles. The Morgan fingerprint density at radius 2 is 2.00 bits per heavy atom. The minimum atomic E-state index is 0.713. The molecule has 0 bridgehead atoms. The highest BCUT2D eigenvalue weighted by atomic mass is 15.2. The van der Waals surface area contributed by atoms with E-state index < -0.39 is 0 Å². The van der Waals surface area contributed by atoms with Gasteiger partial charge >= 0.3 is 0 Å². The first-order chi connectivity index (χ1) is 9.70. The van der Waals surface area contributed by atoms with Gasteiger partial charge in [0.1, 0.15) is 0 Å². The van der Waals surface area contributed by atoms with Crippen LogP contribution in [0.4, 0.5) is 0 Å². The minimum absolute atomic E-state index is 0.713. The van der Waals surface area contributed by atoms with Crippen LogP contribution in [0.15, 0.2) is 24.3 Å². The highest BCUT2D eigenvalue weighted by molar-refractivity contribution is 5.27. The molecule has 2 rings (SSSR count). The summed E-state index contributed by atoms with van der Waals surface area (Å²) in [6.45, 7) is 11.3. The number of benzene rings is 1. The molecule has 0 aromatic heterocycles. The molecule has 1 saturated heterocycles. The van der Waals surface area contributed by atoms with Crippen molar-refractivity contribution in [2.24, 2.45) is 5.92 Å². The van der Waals surface area contributed by atoms with Gasteiger partial charge < -0.3 is 5.32 Å². The predicted octanol–water partition coefficient (Wildman–Crippen LogP) is 3.81. The van der Waals surface area contributed by atoms with Gasteiger partial charge in [-0.25, -0.2) is 0 Å². The van der Waals surface area contributed by atoms with Gasteiger partial charge in [0.05, 0.1) is 0 Å². The van der Waals surface area contributed by atoms with Crippen molar-refractivity contribution >= 4 is 0 Å². The molecule has 0 amide bonds. The van der Waals surface area contributed by atoms with Crippen LogP contribution in [-0.2, 0) is 13.1 Å². The molecule has 1 aromatic rings. The van der Waals surface area contributed by atoms with E-state index in [1.165, 1.54) is 36.9 Å². The Bertz CT molecular complexity index is 400. The zero-order chi connectivity index (χ0) is 14.4. The smallest absolute Gasteiger partial charge is 0.0239 e. The lowest BCUT2D eigenvalue weighted by molar-refractivity contribution is 0.239. The van der Waals surface area contributed by atoms with Crippen LogP contribution in [0.2, 0.25) is 0 Å². The van der Waals surface area contributed by atoms with Gasteiger partial charge in [-0.1, -0.05) is 45.0 Å². The van der Waals surface area contributed by atoms with Crippen LogP contribution in [0.5, 0.6) is 0 Å². The molecule has 1 aliphatic rings. The molecule has 1 aliphatic heterocycles. The maximum Gasteiger partial charge on any atom is 0.0239 e. The van der Waals surface area contributed by atoms with Crippen LogP contribution < -0.4 is 5.32 Å². The Morgan fingerprint density at radius 1 is 1.25 bits per heavy atom. The average Bonchev–Trinajstić information content (AvgIpc) is 2.87. The van der Waals surface area contributed by atoms with Gasteiger partial charge in [-0.15, -0.1) is 0 Å². The number of likely N-dealkylation sites (tertiary alicyclic amines) is 1. The molecule has 112 valence electrons. The third kappa shape index (κ3) is 4.32. The first kappa shape index (κ1) is 15.5. The Hall–Kier alpha value is -0.860. The maximum atomic E-state index is 3.57. The van der Waals surface area contributed by atoms with Crippen molar-refractivity contribution in [3.8, 4) is 0 Å². The van der Waals surface area contributed by atoms with E-state index in [2.05, 4.69) is 55.3 Å². The molecule has 1 aromatic carbocycles. The molecule has 0 radical (unpaired) electrons. The van der Waals surface area contributed by atoms with E-state index in [-0.39, 0.29) is 0 Å². The fourth-order valence-corrected chi connectivity index (χ4v) is 3.16. The van der Waals surface area contributed by atoms with Gasteiger partial charge in [-0.05, 0) is 49.4 Å². The second kappa shape index (κ2) is 7.80. The Balaban J connectivity index is 1.96. The molecular formula is C18H30N2. The van der Waals surface area contributed by atoms with Gasteiger partial charge in [0.2, 0.25) is 0 Å². The molecule has 1 N–H and O–H groups in total. The zero-order valence-corrected chi connectivity index (χ0v) is 13.4. The van der Waals surface area contributed by atoms with Crippen LogP contribution in [0.3, 0.4) is 0 Å². The van der Waals surface area contributed by atoms with Crippen LogP contribution >= 0.6 is 0 Å². The van der Waals surface area contributed by atoms with Gasteiger partial charge in [-0.3, -0.25) is 4.90 Å². The summed E-state index contributed by atoms with van der Waals surface area (Å²) in [7, 11) is 0. The van der Waals surface area contributed by atoms with Crippen molar-refractivity contribution in [3.63, 3.8) is 0 Å². The molecule has 1 heterocycles. The quantitative estimate of drug-likeness (QED) is 0.813. The molecule has 20 heavy (non-hydrogen) atoms. The van der Waals surface area contributed by atoms with Crippen molar-refractivity contribution in [1.82, 2.24) is 10.2 Å². The molecule has 1 unspecified atom stereocenters. The fourth-order valence-electron chi connectivity index (χ4n) is 3.16. The topological polar surface area (TPSA) is 15.3 Å². The highest BCUT2D eigenvalue weighted by Gasteiger charge is 2.23. The van der Waals surface area contributed by atoms with Gasteiger partial charge in [0.25, 0.3) is 0 Å². The second-order valence-corrected chi connectivity index (χ2v) is 6.47. The van der Waals surface area contributed by atoms with E-state index in [0.717, 1.165) is 25.7 Å². The maximum absolute atomic E-state index is 3.57. The summed E-state index contributed by atoms with van der Waals surface area (Å²) < 4.78 is 0. The lowest BCUT2D eigenvalue weighted by atomic mass is 10.1. The summed E-state index contributed by atoms with van der Waals surface area (Å²) >= 11 is 0. The predicted molar refractivity (Wildman–Crippen MR) is 86.7 cm³/mol. The molecular weight excluding hydrogens is 244 g/mol. The zero-order valence-electron chi connectivity index (χ0n) is 13.4. The summed E-state index contributed by atoms with van der Waals surface area (Å²) in [5, 5.41) is 3.57. The fraction of sp³-hybridized carbons (Fsp3) is 0.667. The normalized spacial score (nSPS) is 19.9. The van der Waals surface area contributed by atoms with Crippen molar-refractivity contribution in [1.29, 1.82) is 0 Å². The Labute approximate surface area is 124 Å². The van der Waals surface area contributed by atoms with Crippen molar-refractivity contribution < 1.29 is 0 Å². The van der Waals surface area contributed by atoms with Gasteiger partial charge in [-0.2, -0.15) is 0 Å². The van der Waals surface area contributed by atoms with E-state index in [0.29, 0.717) is 5.92 Å². The van der Waals surface area contributed by atoms with Crippen LogP contribution in [0.1, 0.15) is 51.2 Å². The van der Waals surface area contributed by atoms with Crippen LogP contribution in [0, 0.1) is 5.92 Å². The van der Waals surface area contributed by atoms with E-state index in [1.54, 1.807) is 0 Å². The molecule has 1 atom stereocenters. The lowest BCUT2D eigenvalue weighted by Gasteiger charge is -2.24. The highest BCUT2D eigenvalue weighted by Crippen LogP contribution is 2.23. The lowest BCUT2D eigenvalue weighted by Crippen LogP contribution is -2.29.